The first-order chi connectivity index (χ1) is 5.66. The summed E-state index contributed by atoms with van der Waals surface area (Å²) in [5.74, 6) is 0.346. The topological polar surface area (TPSA) is 23.8 Å². The molecule has 1 nitrogen and oxygen atoms in total. The summed E-state index contributed by atoms with van der Waals surface area (Å²) in [4.78, 5) is 0. The van der Waals surface area contributed by atoms with Crippen LogP contribution in [0.4, 0.5) is 0 Å². The number of halogens is 1. The molecule has 1 rings (SSSR count). The largest absolute Gasteiger partial charge is 0.192 e. The first-order valence-corrected chi connectivity index (χ1v) is 4.23. The molecule has 0 aliphatic rings. The van der Waals surface area contributed by atoms with Crippen LogP contribution in [-0.4, -0.2) is 0 Å². The third-order valence-corrected chi connectivity index (χ3v) is 2.09. The number of nitrogens with zero attached hydrogens (tertiary/aromatic N) is 1. The highest BCUT2D eigenvalue weighted by molar-refractivity contribution is 6.31. The van der Waals surface area contributed by atoms with Gasteiger partial charge in [-0.15, -0.1) is 0 Å². The maximum atomic E-state index is 8.81. The second-order valence-corrected chi connectivity index (χ2v) is 3.38. The highest BCUT2D eigenvalue weighted by atomic mass is 35.5. The van der Waals surface area contributed by atoms with Crippen LogP contribution in [0.5, 0.6) is 0 Å². The van der Waals surface area contributed by atoms with E-state index in [0.717, 1.165) is 5.56 Å². The van der Waals surface area contributed by atoms with Gasteiger partial charge in [0.1, 0.15) is 6.07 Å². The monoisotopic (exact) mass is 179 g/mol. The number of rotatable bonds is 1. The summed E-state index contributed by atoms with van der Waals surface area (Å²) in [7, 11) is 0. The summed E-state index contributed by atoms with van der Waals surface area (Å²) in [5.41, 5.74) is 1.62. The van der Waals surface area contributed by atoms with E-state index in [2.05, 4.69) is 6.07 Å². The zero-order chi connectivity index (χ0) is 9.14. The number of benzene rings is 1. The normalized spacial score (nSPS) is 9.92. The molecule has 0 N–H and O–H groups in total. The number of hydrogen-bond acceptors (Lipinski definition) is 1. The van der Waals surface area contributed by atoms with Crippen LogP contribution in [0.25, 0.3) is 0 Å². The fourth-order valence-electron chi connectivity index (χ4n) is 1.14. The van der Waals surface area contributed by atoms with E-state index < -0.39 is 0 Å². The van der Waals surface area contributed by atoms with E-state index in [1.807, 2.05) is 26.0 Å². The van der Waals surface area contributed by atoms with E-state index >= 15 is 0 Å². The molecular weight excluding hydrogens is 170 g/mol. The van der Waals surface area contributed by atoms with Crippen molar-refractivity contribution in [2.45, 2.75) is 19.8 Å². The third-order valence-electron chi connectivity index (χ3n) is 1.78. The van der Waals surface area contributed by atoms with Crippen molar-refractivity contribution in [3.63, 3.8) is 0 Å². The molecule has 0 atom stereocenters. The Bertz CT molecular complexity index is 323. The minimum Gasteiger partial charge on any atom is -0.192 e. The second-order valence-electron chi connectivity index (χ2n) is 2.97. The molecule has 62 valence electrons. The predicted octanol–water partition coefficient (Wildman–Crippen LogP) is 3.34. The van der Waals surface area contributed by atoms with Crippen LogP contribution in [0.3, 0.4) is 0 Å². The Morgan fingerprint density at radius 2 is 2.08 bits per heavy atom. The molecule has 0 bridgehead atoms. The first-order valence-electron chi connectivity index (χ1n) is 3.85. The quantitative estimate of drug-likeness (QED) is 0.649. The van der Waals surface area contributed by atoms with Crippen LogP contribution in [0.15, 0.2) is 18.2 Å². The van der Waals surface area contributed by atoms with Crippen molar-refractivity contribution < 1.29 is 0 Å². The van der Waals surface area contributed by atoms with Gasteiger partial charge in [0.05, 0.1) is 10.6 Å². The third kappa shape index (κ3) is 1.60. The molecule has 0 spiro atoms. The number of hydrogen-bond donors (Lipinski definition) is 0. The lowest BCUT2D eigenvalue weighted by Crippen LogP contribution is -1.92. The summed E-state index contributed by atoms with van der Waals surface area (Å²) in [6.07, 6.45) is 0. The van der Waals surface area contributed by atoms with Crippen LogP contribution in [0.2, 0.25) is 5.02 Å². The van der Waals surface area contributed by atoms with Crippen LogP contribution in [0.1, 0.15) is 30.9 Å². The Labute approximate surface area is 77.6 Å². The van der Waals surface area contributed by atoms with Crippen molar-refractivity contribution in [2.24, 2.45) is 0 Å². The van der Waals surface area contributed by atoms with Gasteiger partial charge in [0.25, 0.3) is 0 Å². The van der Waals surface area contributed by atoms with Crippen molar-refractivity contribution >= 4 is 11.6 Å². The maximum absolute atomic E-state index is 8.81. The summed E-state index contributed by atoms with van der Waals surface area (Å²) in [5, 5.41) is 9.36. The Morgan fingerprint density at radius 1 is 1.42 bits per heavy atom. The average Bonchev–Trinajstić information content (AvgIpc) is 2.03. The summed E-state index contributed by atoms with van der Waals surface area (Å²) in [6.45, 7) is 4.10. The Hall–Kier alpha value is -1.00. The van der Waals surface area contributed by atoms with Gasteiger partial charge < -0.3 is 0 Å². The first kappa shape index (κ1) is 9.09. The van der Waals surface area contributed by atoms with Crippen LogP contribution < -0.4 is 0 Å². The molecule has 0 fully saturated rings. The zero-order valence-corrected chi connectivity index (χ0v) is 7.89. The molecule has 2 heteroatoms. The Morgan fingerprint density at radius 3 is 2.50 bits per heavy atom. The SMILES string of the molecule is CC(C)c1cccc(Cl)c1C#N. The Kier molecular flexibility index (Phi) is 2.73. The molecule has 12 heavy (non-hydrogen) atoms. The lowest BCUT2D eigenvalue weighted by atomic mass is 9.98. The molecule has 0 aliphatic carbocycles. The highest BCUT2D eigenvalue weighted by Crippen LogP contribution is 2.24. The van der Waals surface area contributed by atoms with E-state index in [1.54, 1.807) is 6.07 Å². The molecule has 0 saturated heterocycles. The maximum Gasteiger partial charge on any atom is 0.101 e. The fourth-order valence-corrected chi connectivity index (χ4v) is 1.36. The minimum atomic E-state index is 0.346. The minimum absolute atomic E-state index is 0.346. The van der Waals surface area contributed by atoms with Gasteiger partial charge in [-0.3, -0.25) is 0 Å². The molecule has 0 radical (unpaired) electrons. The highest BCUT2D eigenvalue weighted by Gasteiger charge is 2.08. The smallest absolute Gasteiger partial charge is 0.101 e. The van der Waals surface area contributed by atoms with Crippen LogP contribution >= 0.6 is 11.6 Å². The molecule has 0 saturated carbocycles. The zero-order valence-electron chi connectivity index (χ0n) is 7.13. The van der Waals surface area contributed by atoms with Gasteiger partial charge >= 0.3 is 0 Å². The molecule has 0 amide bonds. The van der Waals surface area contributed by atoms with E-state index in [1.165, 1.54) is 0 Å². The summed E-state index contributed by atoms with van der Waals surface area (Å²) < 4.78 is 0. The van der Waals surface area contributed by atoms with Gasteiger partial charge in [-0.25, -0.2) is 0 Å². The van der Waals surface area contributed by atoms with E-state index in [0.29, 0.717) is 16.5 Å². The van der Waals surface area contributed by atoms with Gasteiger partial charge in [-0.05, 0) is 17.5 Å². The van der Waals surface area contributed by atoms with Crippen molar-refractivity contribution in [3.05, 3.63) is 34.3 Å². The van der Waals surface area contributed by atoms with E-state index in [4.69, 9.17) is 16.9 Å². The summed E-state index contributed by atoms with van der Waals surface area (Å²) in [6, 6.07) is 7.67. The van der Waals surface area contributed by atoms with Gasteiger partial charge in [-0.2, -0.15) is 5.26 Å². The molecule has 0 aliphatic heterocycles. The molecule has 1 aromatic carbocycles. The van der Waals surface area contributed by atoms with E-state index in [9.17, 15) is 0 Å². The van der Waals surface area contributed by atoms with Crippen LogP contribution in [-0.2, 0) is 0 Å². The van der Waals surface area contributed by atoms with Crippen molar-refractivity contribution in [1.29, 1.82) is 5.26 Å². The van der Waals surface area contributed by atoms with Crippen molar-refractivity contribution in [1.82, 2.24) is 0 Å². The van der Waals surface area contributed by atoms with E-state index in [-0.39, 0.29) is 0 Å². The average molecular weight is 180 g/mol. The lowest BCUT2D eigenvalue weighted by molar-refractivity contribution is 0.862. The van der Waals surface area contributed by atoms with Gasteiger partial charge in [0.15, 0.2) is 0 Å². The molecule has 0 unspecified atom stereocenters. The fraction of sp³-hybridized carbons (Fsp3) is 0.300. The molecule has 1 aromatic rings. The molecular formula is C10H10ClN. The Balaban J connectivity index is 3.30. The lowest BCUT2D eigenvalue weighted by Gasteiger charge is -2.07. The second kappa shape index (κ2) is 3.60. The molecule has 0 aromatic heterocycles. The van der Waals surface area contributed by atoms with Gasteiger partial charge in [-0.1, -0.05) is 37.6 Å². The van der Waals surface area contributed by atoms with Gasteiger partial charge in [0, 0.05) is 0 Å². The standard InChI is InChI=1S/C10H10ClN/c1-7(2)8-4-3-5-10(11)9(8)6-12/h3-5,7H,1-2H3. The van der Waals surface area contributed by atoms with Crippen molar-refractivity contribution in [2.75, 3.05) is 0 Å². The summed E-state index contributed by atoms with van der Waals surface area (Å²) >= 11 is 5.85. The van der Waals surface area contributed by atoms with Crippen molar-refractivity contribution in [3.8, 4) is 6.07 Å². The number of nitriles is 1. The molecule has 0 heterocycles. The predicted molar refractivity (Wildman–Crippen MR) is 50.3 cm³/mol. The van der Waals surface area contributed by atoms with Gasteiger partial charge in [0.2, 0.25) is 0 Å². The van der Waals surface area contributed by atoms with Crippen LogP contribution in [0, 0.1) is 11.3 Å².